The minimum Gasteiger partial charge on any atom is -0.340 e. The van der Waals surface area contributed by atoms with Crippen LogP contribution in [0.3, 0.4) is 0 Å². The van der Waals surface area contributed by atoms with Gasteiger partial charge >= 0.3 is 0 Å². The van der Waals surface area contributed by atoms with Crippen molar-refractivity contribution in [3.05, 3.63) is 29.8 Å². The van der Waals surface area contributed by atoms with Crippen molar-refractivity contribution in [3.8, 4) is 0 Å². The molecule has 1 aromatic rings. The Morgan fingerprint density at radius 2 is 2.16 bits per heavy atom. The summed E-state index contributed by atoms with van der Waals surface area (Å²) >= 11 is 1.84. The molecule has 0 aromatic heterocycles. The van der Waals surface area contributed by atoms with E-state index < -0.39 is 0 Å². The van der Waals surface area contributed by atoms with Crippen molar-refractivity contribution in [3.63, 3.8) is 0 Å². The quantitative estimate of drug-likeness (QED) is 0.662. The van der Waals surface area contributed by atoms with Crippen molar-refractivity contribution in [1.82, 2.24) is 10.2 Å². The lowest BCUT2D eigenvalue weighted by molar-refractivity contribution is -0.131. The molecule has 0 radical (unpaired) electrons. The van der Waals surface area contributed by atoms with Crippen LogP contribution < -0.4 is 5.32 Å². The van der Waals surface area contributed by atoms with Crippen LogP contribution in [-0.2, 0) is 4.79 Å². The zero-order valence-electron chi connectivity index (χ0n) is 11.5. The summed E-state index contributed by atoms with van der Waals surface area (Å²) in [4.78, 5) is 15.2. The molecule has 1 fully saturated rings. The van der Waals surface area contributed by atoms with Gasteiger partial charge in [-0.25, -0.2) is 0 Å². The number of thioether (sulfide) groups is 1. The lowest BCUT2D eigenvalue weighted by atomic mass is 10.2. The molecule has 1 heterocycles. The molecule has 0 aliphatic carbocycles. The highest BCUT2D eigenvalue weighted by Gasteiger charge is 2.15. The molecule has 1 aliphatic rings. The highest BCUT2D eigenvalue weighted by Crippen LogP contribution is 2.20. The van der Waals surface area contributed by atoms with E-state index in [1.54, 1.807) is 0 Å². The van der Waals surface area contributed by atoms with Crippen LogP contribution in [0, 0.1) is 6.92 Å². The molecule has 0 saturated carbocycles. The maximum Gasteiger partial charge on any atom is 0.222 e. The molecule has 1 aromatic carbocycles. The average Bonchev–Trinajstić information content (AvgIpc) is 2.44. The summed E-state index contributed by atoms with van der Waals surface area (Å²) < 4.78 is 0. The molecule has 19 heavy (non-hydrogen) atoms. The number of benzene rings is 1. The third-order valence-corrected chi connectivity index (χ3v) is 4.34. The Labute approximate surface area is 119 Å². The molecule has 1 amide bonds. The van der Waals surface area contributed by atoms with Crippen molar-refractivity contribution in [2.24, 2.45) is 0 Å². The van der Waals surface area contributed by atoms with E-state index in [0.717, 1.165) is 38.4 Å². The van der Waals surface area contributed by atoms with Crippen LogP contribution in [-0.4, -0.2) is 42.7 Å². The van der Waals surface area contributed by atoms with Crippen molar-refractivity contribution in [1.29, 1.82) is 0 Å². The summed E-state index contributed by atoms with van der Waals surface area (Å²) in [5, 5.41) is 3.27. The second-order valence-corrected chi connectivity index (χ2v) is 6.07. The largest absolute Gasteiger partial charge is 0.340 e. The monoisotopic (exact) mass is 278 g/mol. The van der Waals surface area contributed by atoms with Gasteiger partial charge < -0.3 is 10.2 Å². The van der Waals surface area contributed by atoms with Crippen molar-refractivity contribution in [2.75, 3.05) is 31.9 Å². The molecule has 0 bridgehead atoms. The maximum absolute atomic E-state index is 12.0. The van der Waals surface area contributed by atoms with Crippen LogP contribution in [0.1, 0.15) is 18.4 Å². The third-order valence-electron chi connectivity index (χ3n) is 3.26. The molecule has 0 spiro atoms. The number of piperazine rings is 1. The van der Waals surface area contributed by atoms with E-state index in [-0.39, 0.29) is 0 Å². The van der Waals surface area contributed by atoms with Gasteiger partial charge in [0, 0.05) is 37.5 Å². The van der Waals surface area contributed by atoms with Crippen LogP contribution in [0.25, 0.3) is 0 Å². The number of nitrogens with zero attached hydrogens (tertiary/aromatic N) is 1. The normalized spacial score (nSPS) is 15.5. The van der Waals surface area contributed by atoms with E-state index in [0.29, 0.717) is 12.3 Å². The first-order chi connectivity index (χ1) is 9.25. The Hall–Kier alpha value is -1.00. The molecule has 0 atom stereocenters. The summed E-state index contributed by atoms with van der Waals surface area (Å²) in [7, 11) is 0. The smallest absolute Gasteiger partial charge is 0.222 e. The minimum absolute atomic E-state index is 0.311. The molecule has 1 saturated heterocycles. The summed E-state index contributed by atoms with van der Waals surface area (Å²) in [6.45, 7) is 5.71. The zero-order chi connectivity index (χ0) is 13.5. The van der Waals surface area contributed by atoms with E-state index in [4.69, 9.17) is 0 Å². The number of rotatable bonds is 5. The zero-order valence-corrected chi connectivity index (χ0v) is 12.3. The molecular weight excluding hydrogens is 256 g/mol. The number of nitrogens with one attached hydrogen (secondary N) is 1. The van der Waals surface area contributed by atoms with Crippen LogP contribution >= 0.6 is 11.8 Å². The first-order valence-corrected chi connectivity index (χ1v) is 7.92. The second-order valence-electron chi connectivity index (χ2n) is 4.90. The van der Waals surface area contributed by atoms with Gasteiger partial charge in [0.2, 0.25) is 5.91 Å². The van der Waals surface area contributed by atoms with Gasteiger partial charge in [-0.3, -0.25) is 4.79 Å². The number of carbonyl (C=O) groups excluding carboxylic acids is 1. The fourth-order valence-electron chi connectivity index (χ4n) is 2.19. The summed E-state index contributed by atoms with van der Waals surface area (Å²) in [5.74, 6) is 1.33. The SMILES string of the molecule is Cc1cccc(SCCCC(=O)N2CCNCC2)c1. The van der Waals surface area contributed by atoms with E-state index >= 15 is 0 Å². The van der Waals surface area contributed by atoms with Crippen LogP contribution in [0.5, 0.6) is 0 Å². The Bertz CT molecular complexity index is 416. The number of aryl methyl sites for hydroxylation is 1. The highest BCUT2D eigenvalue weighted by molar-refractivity contribution is 7.99. The van der Waals surface area contributed by atoms with Crippen LogP contribution in [0.4, 0.5) is 0 Å². The molecule has 3 nitrogen and oxygen atoms in total. The Morgan fingerprint density at radius 3 is 2.89 bits per heavy atom. The summed E-state index contributed by atoms with van der Waals surface area (Å²) in [5.41, 5.74) is 1.29. The van der Waals surface area contributed by atoms with Gasteiger partial charge in [-0.05, 0) is 31.2 Å². The molecule has 4 heteroatoms. The Morgan fingerprint density at radius 1 is 1.37 bits per heavy atom. The lowest BCUT2D eigenvalue weighted by Gasteiger charge is -2.27. The van der Waals surface area contributed by atoms with Gasteiger partial charge in [0.1, 0.15) is 0 Å². The number of hydrogen-bond donors (Lipinski definition) is 1. The van der Waals surface area contributed by atoms with Crippen molar-refractivity contribution < 1.29 is 4.79 Å². The minimum atomic E-state index is 0.311. The third kappa shape index (κ3) is 4.88. The predicted molar refractivity (Wildman–Crippen MR) is 80.6 cm³/mol. The summed E-state index contributed by atoms with van der Waals surface area (Å²) in [6.07, 6.45) is 1.64. The lowest BCUT2D eigenvalue weighted by Crippen LogP contribution is -2.46. The van der Waals surface area contributed by atoms with Crippen LogP contribution in [0.15, 0.2) is 29.2 Å². The van der Waals surface area contributed by atoms with Gasteiger partial charge in [0.25, 0.3) is 0 Å². The maximum atomic E-state index is 12.0. The van der Waals surface area contributed by atoms with E-state index in [9.17, 15) is 4.79 Å². The van der Waals surface area contributed by atoms with Crippen molar-refractivity contribution >= 4 is 17.7 Å². The number of amides is 1. The van der Waals surface area contributed by atoms with Gasteiger partial charge in [0.15, 0.2) is 0 Å². The highest BCUT2D eigenvalue weighted by atomic mass is 32.2. The average molecular weight is 278 g/mol. The molecule has 1 N–H and O–H groups in total. The predicted octanol–water partition coefficient (Wildman–Crippen LogP) is 2.30. The molecule has 104 valence electrons. The van der Waals surface area contributed by atoms with E-state index in [1.165, 1.54) is 10.5 Å². The van der Waals surface area contributed by atoms with Gasteiger partial charge in [-0.1, -0.05) is 17.7 Å². The summed E-state index contributed by atoms with van der Waals surface area (Å²) in [6, 6.07) is 8.53. The van der Waals surface area contributed by atoms with Crippen LogP contribution in [0.2, 0.25) is 0 Å². The molecule has 2 rings (SSSR count). The first-order valence-electron chi connectivity index (χ1n) is 6.94. The number of hydrogen-bond acceptors (Lipinski definition) is 3. The number of carbonyl (C=O) groups is 1. The first kappa shape index (κ1) is 14.4. The molecular formula is C15H22N2OS. The molecule has 1 aliphatic heterocycles. The molecule has 0 unspecified atom stereocenters. The van der Waals surface area contributed by atoms with Crippen molar-refractivity contribution in [2.45, 2.75) is 24.7 Å². The fraction of sp³-hybridized carbons (Fsp3) is 0.533. The second kappa shape index (κ2) is 7.56. The van der Waals surface area contributed by atoms with Gasteiger partial charge in [0.05, 0.1) is 0 Å². The topological polar surface area (TPSA) is 32.3 Å². The standard InChI is InChI=1S/C15H22N2OS/c1-13-4-2-5-14(12-13)19-11-3-6-15(18)17-9-7-16-8-10-17/h2,4-5,12,16H,3,6-11H2,1H3. The van der Waals surface area contributed by atoms with Gasteiger partial charge in [-0.2, -0.15) is 0 Å². The van der Waals surface area contributed by atoms with Gasteiger partial charge in [-0.15, -0.1) is 11.8 Å². The van der Waals surface area contributed by atoms with E-state index in [2.05, 4.69) is 36.5 Å². The Balaban J connectivity index is 1.65. The van der Waals surface area contributed by atoms with E-state index in [1.807, 2.05) is 16.7 Å². The Kier molecular flexibility index (Phi) is 5.73. The fourth-order valence-corrected chi connectivity index (χ4v) is 3.16.